The molecule has 0 saturated carbocycles. The van der Waals surface area contributed by atoms with Crippen molar-refractivity contribution >= 4 is 28.7 Å². The molecule has 0 aliphatic carbocycles. The fourth-order valence-corrected chi connectivity index (χ4v) is 4.16. The van der Waals surface area contributed by atoms with Crippen molar-refractivity contribution in [2.24, 2.45) is 0 Å². The van der Waals surface area contributed by atoms with Gasteiger partial charge in [-0.25, -0.2) is 9.97 Å². The molecule has 188 valence electrons. The van der Waals surface area contributed by atoms with E-state index in [4.69, 9.17) is 5.11 Å². The Balaban J connectivity index is 1.53. The summed E-state index contributed by atoms with van der Waals surface area (Å²) in [4.78, 5) is 49.7. The maximum atomic E-state index is 13.7. The monoisotopic (exact) mass is 505 g/mol. The number of nitrogens with one attached hydrogen (secondary N) is 1. The number of fused-ring (bicyclic) bond motifs is 1. The number of hydrogen-bond acceptors (Lipinski definition) is 6. The molecule has 0 unspecified atom stereocenters. The van der Waals surface area contributed by atoms with Crippen LogP contribution in [-0.4, -0.2) is 36.5 Å². The maximum absolute atomic E-state index is 13.7. The molecular formula is C29H23N5O4. The predicted molar refractivity (Wildman–Crippen MR) is 143 cm³/mol. The lowest BCUT2D eigenvalue weighted by atomic mass is 10.0. The lowest BCUT2D eigenvalue weighted by Crippen LogP contribution is -2.25. The first-order chi connectivity index (χ1) is 18.5. The number of carbonyl (C=O) groups is 2. The second-order valence-electron chi connectivity index (χ2n) is 8.66. The van der Waals surface area contributed by atoms with Crippen LogP contribution in [0.25, 0.3) is 28.0 Å². The molecule has 3 aromatic heterocycles. The first-order valence-electron chi connectivity index (χ1n) is 12.0. The molecule has 0 aliphatic rings. The number of nitrogens with zero attached hydrogens (tertiary/aromatic N) is 4. The van der Waals surface area contributed by atoms with Crippen molar-refractivity contribution in [2.45, 2.75) is 19.3 Å². The van der Waals surface area contributed by atoms with E-state index < -0.39 is 5.97 Å². The minimum atomic E-state index is -1.03. The fourth-order valence-electron chi connectivity index (χ4n) is 4.16. The molecule has 5 rings (SSSR count). The smallest absolute Gasteiger partial charge is 0.303 e. The van der Waals surface area contributed by atoms with E-state index in [-0.39, 0.29) is 24.3 Å². The zero-order valence-electron chi connectivity index (χ0n) is 20.2. The van der Waals surface area contributed by atoms with Crippen LogP contribution in [0.3, 0.4) is 0 Å². The van der Waals surface area contributed by atoms with Crippen molar-refractivity contribution in [3.05, 3.63) is 113 Å². The number of anilines is 1. The summed E-state index contributed by atoms with van der Waals surface area (Å²) < 4.78 is 1.56. The highest BCUT2D eigenvalue weighted by molar-refractivity contribution is 5.93. The van der Waals surface area contributed by atoms with E-state index in [0.29, 0.717) is 34.7 Å². The second kappa shape index (κ2) is 10.8. The van der Waals surface area contributed by atoms with Crippen LogP contribution in [0.15, 0.2) is 96.2 Å². The standard InChI is InChI=1S/C29H23N5O4/c35-26(11-12-27(36)37)32-22-8-1-6-20(16-22)21-7-2-9-23(17-21)34-28-24(10-4-14-31-28)33-25(29(34)38)15-19-5-3-13-30-18-19/h1-10,13-14,16-18H,11-12,15H2,(H,32,35)(H,36,37). The maximum Gasteiger partial charge on any atom is 0.303 e. The van der Waals surface area contributed by atoms with Crippen LogP contribution in [-0.2, 0) is 16.0 Å². The van der Waals surface area contributed by atoms with E-state index >= 15 is 0 Å². The summed E-state index contributed by atoms with van der Waals surface area (Å²) in [6, 6.07) is 22.1. The van der Waals surface area contributed by atoms with Crippen LogP contribution in [0.4, 0.5) is 5.69 Å². The van der Waals surface area contributed by atoms with E-state index in [1.807, 2.05) is 48.5 Å². The van der Waals surface area contributed by atoms with Crippen molar-refractivity contribution < 1.29 is 14.7 Å². The average Bonchev–Trinajstić information content (AvgIpc) is 2.93. The minimum absolute atomic E-state index is 0.110. The number of aromatic nitrogens is 4. The lowest BCUT2D eigenvalue weighted by molar-refractivity contribution is -0.138. The number of aliphatic carboxylic acids is 1. The zero-order chi connectivity index (χ0) is 26.5. The Kier molecular flexibility index (Phi) is 6.99. The highest BCUT2D eigenvalue weighted by atomic mass is 16.4. The topological polar surface area (TPSA) is 127 Å². The third-order valence-corrected chi connectivity index (χ3v) is 5.93. The minimum Gasteiger partial charge on any atom is -0.481 e. The van der Waals surface area contributed by atoms with E-state index in [2.05, 4.69) is 20.3 Å². The van der Waals surface area contributed by atoms with Gasteiger partial charge in [0.25, 0.3) is 5.56 Å². The van der Waals surface area contributed by atoms with Crippen molar-refractivity contribution in [1.29, 1.82) is 0 Å². The molecule has 1 amide bonds. The number of carboxylic acids is 1. The summed E-state index contributed by atoms with van der Waals surface area (Å²) in [5.74, 6) is -1.40. The Hall–Kier alpha value is -5.18. The van der Waals surface area contributed by atoms with Crippen LogP contribution in [0.2, 0.25) is 0 Å². The molecule has 9 heteroatoms. The van der Waals surface area contributed by atoms with E-state index in [9.17, 15) is 14.4 Å². The second-order valence-corrected chi connectivity index (χ2v) is 8.66. The zero-order valence-corrected chi connectivity index (χ0v) is 20.2. The largest absolute Gasteiger partial charge is 0.481 e. The first-order valence-corrected chi connectivity index (χ1v) is 12.0. The number of hydrogen-bond donors (Lipinski definition) is 2. The third kappa shape index (κ3) is 5.46. The van der Waals surface area contributed by atoms with Gasteiger partial charge in [-0.2, -0.15) is 0 Å². The molecule has 9 nitrogen and oxygen atoms in total. The van der Waals surface area contributed by atoms with Crippen molar-refractivity contribution in [2.75, 3.05) is 5.32 Å². The van der Waals surface area contributed by atoms with Crippen molar-refractivity contribution in [3.63, 3.8) is 0 Å². The summed E-state index contributed by atoms with van der Waals surface area (Å²) in [6.07, 6.45) is 5.01. The van der Waals surface area contributed by atoms with Crippen LogP contribution in [0.1, 0.15) is 24.1 Å². The summed E-state index contributed by atoms with van der Waals surface area (Å²) in [6.45, 7) is 0. The molecule has 0 spiro atoms. The van der Waals surface area contributed by atoms with Crippen LogP contribution < -0.4 is 10.9 Å². The molecule has 0 aliphatic heterocycles. The number of rotatable bonds is 8. The van der Waals surface area contributed by atoms with Gasteiger partial charge in [0.05, 0.1) is 12.1 Å². The van der Waals surface area contributed by atoms with Gasteiger partial charge in [-0.15, -0.1) is 0 Å². The van der Waals surface area contributed by atoms with Crippen LogP contribution in [0, 0.1) is 0 Å². The van der Waals surface area contributed by atoms with Gasteiger partial charge in [0.15, 0.2) is 5.65 Å². The van der Waals surface area contributed by atoms with Gasteiger partial charge >= 0.3 is 5.97 Å². The first kappa shape index (κ1) is 24.5. The quantitative estimate of drug-likeness (QED) is 0.323. The Labute approximate surface area is 217 Å². The van der Waals surface area contributed by atoms with Gasteiger partial charge in [-0.3, -0.25) is 23.9 Å². The van der Waals surface area contributed by atoms with Crippen LogP contribution >= 0.6 is 0 Å². The number of pyridine rings is 2. The average molecular weight is 506 g/mol. The van der Waals surface area contributed by atoms with Gasteiger partial charge in [-0.05, 0) is 59.2 Å². The normalized spacial score (nSPS) is 10.8. The molecule has 0 bridgehead atoms. The number of benzene rings is 2. The third-order valence-electron chi connectivity index (χ3n) is 5.93. The highest BCUT2D eigenvalue weighted by Gasteiger charge is 2.15. The number of carbonyl (C=O) groups excluding carboxylic acids is 1. The van der Waals surface area contributed by atoms with Crippen molar-refractivity contribution in [3.8, 4) is 16.8 Å². The van der Waals surface area contributed by atoms with E-state index in [0.717, 1.165) is 16.7 Å². The Morgan fingerprint density at radius 3 is 2.47 bits per heavy atom. The van der Waals surface area contributed by atoms with Gasteiger partial charge in [-0.1, -0.05) is 30.3 Å². The Morgan fingerprint density at radius 2 is 1.68 bits per heavy atom. The predicted octanol–water partition coefficient (Wildman–Crippen LogP) is 4.24. The van der Waals surface area contributed by atoms with E-state index in [1.165, 1.54) is 0 Å². The number of carboxylic acid groups (broad SMARTS) is 1. The summed E-state index contributed by atoms with van der Waals surface area (Å²) in [5, 5.41) is 11.5. The Bertz CT molecular complexity index is 1700. The molecular weight excluding hydrogens is 482 g/mol. The van der Waals surface area contributed by atoms with Gasteiger partial charge in [0, 0.05) is 37.1 Å². The molecule has 38 heavy (non-hydrogen) atoms. The van der Waals surface area contributed by atoms with E-state index in [1.54, 1.807) is 47.4 Å². The molecule has 2 aromatic carbocycles. The summed E-state index contributed by atoms with van der Waals surface area (Å²) >= 11 is 0. The van der Waals surface area contributed by atoms with Gasteiger partial charge in [0.1, 0.15) is 11.2 Å². The Morgan fingerprint density at radius 1 is 0.895 bits per heavy atom. The molecule has 2 N–H and O–H groups in total. The van der Waals surface area contributed by atoms with Crippen molar-refractivity contribution in [1.82, 2.24) is 19.5 Å². The molecule has 0 saturated heterocycles. The molecule has 0 atom stereocenters. The fraction of sp³-hybridized carbons (Fsp3) is 0.103. The van der Waals surface area contributed by atoms with Gasteiger partial charge < -0.3 is 10.4 Å². The molecule has 0 fully saturated rings. The van der Waals surface area contributed by atoms with Crippen LogP contribution in [0.5, 0.6) is 0 Å². The summed E-state index contributed by atoms with van der Waals surface area (Å²) in [5.41, 5.74) is 4.86. The molecule has 5 aromatic rings. The lowest BCUT2D eigenvalue weighted by Gasteiger charge is -2.13. The number of amides is 1. The SMILES string of the molecule is O=C(O)CCC(=O)Nc1cccc(-c2cccc(-n3c(=O)c(Cc4cccnc4)nc4cccnc43)c2)c1. The van der Waals surface area contributed by atoms with Gasteiger partial charge in [0.2, 0.25) is 5.91 Å². The molecule has 0 radical (unpaired) electrons. The summed E-state index contributed by atoms with van der Waals surface area (Å²) in [7, 11) is 0. The highest BCUT2D eigenvalue weighted by Crippen LogP contribution is 2.26. The molecule has 3 heterocycles.